The third-order valence-electron chi connectivity index (χ3n) is 3.19. The summed E-state index contributed by atoms with van der Waals surface area (Å²) in [4.78, 5) is 23.1. The number of carboxylic acids is 1. The number of benzene rings is 1. The number of aromatic carboxylic acids is 1. The van der Waals surface area contributed by atoms with E-state index >= 15 is 0 Å². The van der Waals surface area contributed by atoms with Crippen LogP contribution in [0.25, 0.3) is 0 Å². The summed E-state index contributed by atoms with van der Waals surface area (Å²) in [6, 6.07) is 4.91. The number of ether oxygens (including phenoxy) is 1. The SMILES string of the molecule is Cc1ccc(NC(=O)C2CCC(C)O2)c(C(=O)O)c1. The zero-order valence-corrected chi connectivity index (χ0v) is 11.0. The maximum atomic E-state index is 12.0. The Kier molecular flexibility index (Phi) is 3.85. The lowest BCUT2D eigenvalue weighted by Gasteiger charge is -2.13. The number of carboxylic acid groups (broad SMARTS) is 1. The van der Waals surface area contributed by atoms with Crippen LogP contribution in [0.1, 0.15) is 35.7 Å². The zero-order valence-electron chi connectivity index (χ0n) is 11.0. The third kappa shape index (κ3) is 3.12. The van der Waals surface area contributed by atoms with Gasteiger partial charge in [-0.1, -0.05) is 11.6 Å². The quantitative estimate of drug-likeness (QED) is 0.876. The lowest BCUT2D eigenvalue weighted by Crippen LogP contribution is -2.28. The normalized spacial score (nSPS) is 22.2. The number of carbonyl (C=O) groups is 2. The van der Waals surface area contributed by atoms with E-state index in [-0.39, 0.29) is 17.6 Å². The Bertz CT molecular complexity index is 512. The van der Waals surface area contributed by atoms with Crippen LogP contribution in [0.5, 0.6) is 0 Å². The van der Waals surface area contributed by atoms with Gasteiger partial charge in [0.05, 0.1) is 17.4 Å². The van der Waals surface area contributed by atoms with Crippen LogP contribution in [0.2, 0.25) is 0 Å². The van der Waals surface area contributed by atoms with Gasteiger partial charge in [-0.3, -0.25) is 4.79 Å². The van der Waals surface area contributed by atoms with Crippen LogP contribution in [0.3, 0.4) is 0 Å². The first kappa shape index (κ1) is 13.5. The van der Waals surface area contributed by atoms with Crippen LogP contribution in [0, 0.1) is 6.92 Å². The van der Waals surface area contributed by atoms with Crippen LogP contribution < -0.4 is 5.32 Å². The molecule has 5 heteroatoms. The molecule has 2 rings (SSSR count). The number of amides is 1. The molecule has 1 aliphatic heterocycles. The molecule has 0 spiro atoms. The van der Waals surface area contributed by atoms with E-state index in [1.165, 1.54) is 6.07 Å². The summed E-state index contributed by atoms with van der Waals surface area (Å²) in [5.74, 6) is -1.34. The Morgan fingerprint density at radius 3 is 2.68 bits per heavy atom. The number of rotatable bonds is 3. The molecule has 1 aromatic carbocycles. The lowest BCUT2D eigenvalue weighted by molar-refractivity contribution is -0.126. The molecule has 102 valence electrons. The van der Waals surface area contributed by atoms with Crippen molar-refractivity contribution in [2.45, 2.75) is 38.9 Å². The van der Waals surface area contributed by atoms with Crippen molar-refractivity contribution in [1.82, 2.24) is 0 Å². The minimum absolute atomic E-state index is 0.0766. The molecule has 1 saturated heterocycles. The van der Waals surface area contributed by atoms with Crippen LogP contribution in [0.4, 0.5) is 5.69 Å². The monoisotopic (exact) mass is 263 g/mol. The number of hydrogen-bond donors (Lipinski definition) is 2. The predicted octanol–water partition coefficient (Wildman–Crippen LogP) is 2.20. The molecular formula is C14H17NO4. The highest BCUT2D eigenvalue weighted by atomic mass is 16.5. The largest absolute Gasteiger partial charge is 0.478 e. The van der Waals surface area contributed by atoms with Crippen LogP contribution in [-0.4, -0.2) is 29.2 Å². The summed E-state index contributed by atoms with van der Waals surface area (Å²) >= 11 is 0. The number of carbonyl (C=O) groups excluding carboxylic acids is 1. The van der Waals surface area contributed by atoms with E-state index in [2.05, 4.69) is 5.32 Å². The predicted molar refractivity (Wildman–Crippen MR) is 70.3 cm³/mol. The van der Waals surface area contributed by atoms with Crippen molar-refractivity contribution in [3.63, 3.8) is 0 Å². The topological polar surface area (TPSA) is 75.6 Å². The molecule has 0 radical (unpaired) electrons. The minimum Gasteiger partial charge on any atom is -0.478 e. The van der Waals surface area contributed by atoms with E-state index in [0.29, 0.717) is 12.1 Å². The Morgan fingerprint density at radius 2 is 2.11 bits per heavy atom. The molecule has 0 aromatic heterocycles. The first-order chi connectivity index (χ1) is 8.97. The van der Waals surface area contributed by atoms with Gasteiger partial charge in [-0.15, -0.1) is 0 Å². The fraction of sp³-hybridized carbons (Fsp3) is 0.429. The zero-order chi connectivity index (χ0) is 14.0. The van der Waals surface area contributed by atoms with Gasteiger partial charge in [-0.2, -0.15) is 0 Å². The molecule has 1 aromatic rings. The van der Waals surface area contributed by atoms with Gasteiger partial charge in [0.2, 0.25) is 0 Å². The summed E-state index contributed by atoms with van der Waals surface area (Å²) in [5.41, 5.74) is 1.24. The standard InChI is InChI=1S/C14H17NO4/c1-8-3-5-11(10(7-8)14(17)18)15-13(16)12-6-4-9(2)19-12/h3,5,7,9,12H,4,6H2,1-2H3,(H,15,16)(H,17,18). The molecule has 1 amide bonds. The van der Waals surface area contributed by atoms with Gasteiger partial charge in [-0.05, 0) is 38.8 Å². The maximum Gasteiger partial charge on any atom is 0.337 e. The fourth-order valence-corrected chi connectivity index (χ4v) is 2.15. The molecule has 5 nitrogen and oxygen atoms in total. The molecule has 0 aliphatic carbocycles. The molecule has 19 heavy (non-hydrogen) atoms. The summed E-state index contributed by atoms with van der Waals surface area (Å²) < 4.78 is 5.46. The van der Waals surface area contributed by atoms with Crippen molar-refractivity contribution in [3.8, 4) is 0 Å². The first-order valence-corrected chi connectivity index (χ1v) is 6.27. The molecule has 0 bridgehead atoms. The van der Waals surface area contributed by atoms with E-state index < -0.39 is 12.1 Å². The molecule has 2 atom stereocenters. The average Bonchev–Trinajstić information content (AvgIpc) is 2.78. The van der Waals surface area contributed by atoms with E-state index in [0.717, 1.165) is 12.0 Å². The number of hydrogen-bond acceptors (Lipinski definition) is 3. The number of aryl methyl sites for hydroxylation is 1. The molecule has 1 aliphatic rings. The highest BCUT2D eigenvalue weighted by Gasteiger charge is 2.28. The molecule has 2 unspecified atom stereocenters. The summed E-state index contributed by atoms with van der Waals surface area (Å²) in [6.07, 6.45) is 1.10. The Hall–Kier alpha value is -1.88. The highest BCUT2D eigenvalue weighted by Crippen LogP contribution is 2.22. The highest BCUT2D eigenvalue weighted by molar-refractivity contribution is 6.02. The number of anilines is 1. The molecule has 1 heterocycles. The smallest absolute Gasteiger partial charge is 0.337 e. The van der Waals surface area contributed by atoms with Crippen LogP contribution >= 0.6 is 0 Å². The van der Waals surface area contributed by atoms with Gasteiger partial charge < -0.3 is 15.2 Å². The van der Waals surface area contributed by atoms with Gasteiger partial charge in [0.15, 0.2) is 0 Å². The van der Waals surface area contributed by atoms with Gasteiger partial charge in [-0.25, -0.2) is 4.79 Å². The summed E-state index contributed by atoms with van der Waals surface area (Å²) in [6.45, 7) is 3.72. The van der Waals surface area contributed by atoms with Gasteiger partial charge in [0, 0.05) is 0 Å². The second-order valence-electron chi connectivity index (χ2n) is 4.86. The van der Waals surface area contributed by atoms with Crippen molar-refractivity contribution < 1.29 is 19.4 Å². The van der Waals surface area contributed by atoms with Gasteiger partial charge >= 0.3 is 5.97 Å². The molecule has 1 fully saturated rings. The molecular weight excluding hydrogens is 246 g/mol. The van der Waals surface area contributed by atoms with Crippen molar-refractivity contribution >= 4 is 17.6 Å². The van der Waals surface area contributed by atoms with Gasteiger partial charge in [0.1, 0.15) is 6.10 Å². The van der Waals surface area contributed by atoms with E-state index in [4.69, 9.17) is 9.84 Å². The van der Waals surface area contributed by atoms with Crippen LogP contribution in [0.15, 0.2) is 18.2 Å². The average molecular weight is 263 g/mol. The Balaban J connectivity index is 2.14. The fourth-order valence-electron chi connectivity index (χ4n) is 2.15. The van der Waals surface area contributed by atoms with Crippen molar-refractivity contribution in [3.05, 3.63) is 29.3 Å². The van der Waals surface area contributed by atoms with E-state index in [1.807, 2.05) is 6.92 Å². The lowest BCUT2D eigenvalue weighted by atomic mass is 10.1. The second kappa shape index (κ2) is 5.40. The summed E-state index contributed by atoms with van der Waals surface area (Å²) in [5, 5.41) is 11.8. The van der Waals surface area contributed by atoms with Crippen molar-refractivity contribution in [2.24, 2.45) is 0 Å². The van der Waals surface area contributed by atoms with Gasteiger partial charge in [0.25, 0.3) is 5.91 Å². The summed E-state index contributed by atoms with van der Waals surface area (Å²) in [7, 11) is 0. The molecule has 2 N–H and O–H groups in total. The van der Waals surface area contributed by atoms with Crippen molar-refractivity contribution in [1.29, 1.82) is 0 Å². The third-order valence-corrected chi connectivity index (χ3v) is 3.19. The van der Waals surface area contributed by atoms with E-state index in [1.54, 1.807) is 19.1 Å². The molecule has 0 saturated carbocycles. The Labute approximate surface area is 111 Å². The van der Waals surface area contributed by atoms with Crippen molar-refractivity contribution in [2.75, 3.05) is 5.32 Å². The van der Waals surface area contributed by atoms with E-state index in [9.17, 15) is 9.59 Å². The second-order valence-corrected chi connectivity index (χ2v) is 4.86. The maximum absolute atomic E-state index is 12.0. The number of nitrogens with one attached hydrogen (secondary N) is 1. The Morgan fingerprint density at radius 1 is 1.37 bits per heavy atom. The van der Waals surface area contributed by atoms with Crippen LogP contribution in [-0.2, 0) is 9.53 Å². The minimum atomic E-state index is -1.06. The first-order valence-electron chi connectivity index (χ1n) is 6.27.